The van der Waals surface area contributed by atoms with Gasteiger partial charge in [-0.05, 0) is 26.0 Å². The zero-order valence-electron chi connectivity index (χ0n) is 18.1. The number of aromatic nitrogens is 3. The van der Waals surface area contributed by atoms with Crippen molar-refractivity contribution in [1.82, 2.24) is 14.0 Å². The number of nitrogens with zero attached hydrogens (tertiary/aromatic N) is 4. The third-order valence-electron chi connectivity index (χ3n) is 4.88. The molecular weight excluding hydrogens is 432 g/mol. The molecule has 0 N–H and O–H groups in total. The number of ether oxygens (including phenoxy) is 3. The number of amides is 1. The lowest BCUT2D eigenvalue weighted by Gasteiger charge is -2.09. The monoisotopic (exact) mass is 454 g/mol. The van der Waals surface area contributed by atoms with E-state index in [0.717, 1.165) is 4.70 Å². The molecule has 1 aromatic carbocycles. The van der Waals surface area contributed by atoms with Crippen LogP contribution < -0.4 is 14.3 Å². The molecule has 9 nitrogen and oxygen atoms in total. The third kappa shape index (κ3) is 3.84. The Hall–Kier alpha value is -3.66. The van der Waals surface area contributed by atoms with Gasteiger partial charge >= 0.3 is 5.97 Å². The van der Waals surface area contributed by atoms with Gasteiger partial charge in [0, 0.05) is 18.3 Å². The summed E-state index contributed by atoms with van der Waals surface area (Å²) in [4.78, 5) is 34.6. The number of hydrogen-bond acceptors (Lipinski definition) is 7. The molecule has 0 radical (unpaired) electrons. The van der Waals surface area contributed by atoms with Gasteiger partial charge in [-0.3, -0.25) is 14.0 Å². The minimum absolute atomic E-state index is 0.0957. The first kappa shape index (κ1) is 21.6. The van der Waals surface area contributed by atoms with E-state index in [0.29, 0.717) is 38.9 Å². The van der Waals surface area contributed by atoms with E-state index in [4.69, 9.17) is 14.2 Å². The van der Waals surface area contributed by atoms with E-state index < -0.39 is 11.9 Å². The maximum atomic E-state index is 13.2. The average molecular weight is 455 g/mol. The van der Waals surface area contributed by atoms with Crippen molar-refractivity contribution in [2.75, 3.05) is 20.8 Å². The van der Waals surface area contributed by atoms with Crippen LogP contribution in [0.2, 0.25) is 0 Å². The molecule has 166 valence electrons. The SMILES string of the molecule is CCOC(=O)Cn1c(=NC(=O)c2c(C)nc3ccccn23)sc2cc(OC)c(OC)cc21. The van der Waals surface area contributed by atoms with Gasteiger partial charge in [-0.15, -0.1) is 0 Å². The van der Waals surface area contributed by atoms with Gasteiger partial charge in [0.15, 0.2) is 16.3 Å². The molecular formula is C22H22N4O5S. The summed E-state index contributed by atoms with van der Waals surface area (Å²) in [6.07, 6.45) is 1.77. The Morgan fingerprint density at radius 1 is 1.16 bits per heavy atom. The molecule has 0 fully saturated rings. The fourth-order valence-corrected chi connectivity index (χ4v) is 4.52. The molecule has 0 unspecified atom stereocenters. The Labute approximate surface area is 187 Å². The van der Waals surface area contributed by atoms with Crippen LogP contribution in [0.15, 0.2) is 41.5 Å². The van der Waals surface area contributed by atoms with Crippen LogP contribution in [0.5, 0.6) is 11.5 Å². The molecule has 1 amide bonds. The van der Waals surface area contributed by atoms with E-state index in [1.807, 2.05) is 18.2 Å². The lowest BCUT2D eigenvalue weighted by molar-refractivity contribution is -0.143. The van der Waals surface area contributed by atoms with E-state index in [1.54, 1.807) is 48.3 Å². The summed E-state index contributed by atoms with van der Waals surface area (Å²) < 4.78 is 20.1. The largest absolute Gasteiger partial charge is 0.493 e. The summed E-state index contributed by atoms with van der Waals surface area (Å²) >= 11 is 1.27. The van der Waals surface area contributed by atoms with Gasteiger partial charge in [0.1, 0.15) is 17.9 Å². The van der Waals surface area contributed by atoms with E-state index >= 15 is 0 Å². The number of hydrogen-bond donors (Lipinski definition) is 0. The molecule has 0 saturated carbocycles. The summed E-state index contributed by atoms with van der Waals surface area (Å²) in [5, 5.41) is 0. The summed E-state index contributed by atoms with van der Waals surface area (Å²) in [5.41, 5.74) is 2.29. The van der Waals surface area contributed by atoms with Crippen LogP contribution >= 0.6 is 11.3 Å². The number of carbonyl (C=O) groups excluding carboxylic acids is 2. The van der Waals surface area contributed by atoms with Gasteiger partial charge in [0.2, 0.25) is 0 Å². The highest BCUT2D eigenvalue weighted by Crippen LogP contribution is 2.33. The molecule has 0 aliphatic carbocycles. The van der Waals surface area contributed by atoms with E-state index in [-0.39, 0.29) is 13.2 Å². The number of thiazole rings is 1. The minimum Gasteiger partial charge on any atom is -0.493 e. The highest BCUT2D eigenvalue weighted by molar-refractivity contribution is 7.16. The first-order valence-corrected chi connectivity index (χ1v) is 10.7. The fraction of sp³-hybridized carbons (Fsp3) is 0.273. The lowest BCUT2D eigenvalue weighted by atomic mass is 10.3. The van der Waals surface area contributed by atoms with Crippen LogP contribution in [0.3, 0.4) is 0 Å². The summed E-state index contributed by atoms with van der Waals surface area (Å²) in [6.45, 7) is 3.67. The summed E-state index contributed by atoms with van der Waals surface area (Å²) in [6, 6.07) is 9.05. The Bertz CT molecular complexity index is 1400. The number of methoxy groups -OCH3 is 2. The van der Waals surface area contributed by atoms with Crippen molar-refractivity contribution in [3.8, 4) is 11.5 Å². The molecule has 0 spiro atoms. The number of imidazole rings is 1. The molecule has 0 aliphatic heterocycles. The Kier molecular flexibility index (Phi) is 5.95. The quantitative estimate of drug-likeness (QED) is 0.416. The Balaban J connectivity index is 1.91. The lowest BCUT2D eigenvalue weighted by Crippen LogP contribution is -2.23. The van der Waals surface area contributed by atoms with Crippen molar-refractivity contribution >= 4 is 39.1 Å². The maximum absolute atomic E-state index is 13.2. The van der Waals surface area contributed by atoms with Crippen LogP contribution in [0.1, 0.15) is 23.1 Å². The number of rotatable bonds is 6. The first-order chi connectivity index (χ1) is 15.5. The third-order valence-corrected chi connectivity index (χ3v) is 5.93. The minimum atomic E-state index is -0.454. The van der Waals surface area contributed by atoms with Gasteiger partial charge < -0.3 is 18.8 Å². The van der Waals surface area contributed by atoms with Gasteiger partial charge in [-0.1, -0.05) is 17.4 Å². The van der Waals surface area contributed by atoms with Gasteiger partial charge in [0.25, 0.3) is 5.91 Å². The molecule has 32 heavy (non-hydrogen) atoms. The molecule has 3 heterocycles. The number of esters is 1. The van der Waals surface area contributed by atoms with Crippen LogP contribution in [-0.4, -0.2) is 46.7 Å². The number of carbonyl (C=O) groups is 2. The molecule has 4 rings (SSSR count). The van der Waals surface area contributed by atoms with Gasteiger partial charge in [-0.2, -0.15) is 4.99 Å². The zero-order valence-corrected chi connectivity index (χ0v) is 18.9. The molecule has 0 bridgehead atoms. The normalized spacial score (nSPS) is 11.8. The van der Waals surface area contributed by atoms with Crippen LogP contribution in [0, 0.1) is 6.92 Å². The van der Waals surface area contributed by atoms with Crippen molar-refractivity contribution in [2.45, 2.75) is 20.4 Å². The highest BCUT2D eigenvalue weighted by atomic mass is 32.1. The Morgan fingerprint density at radius 3 is 2.62 bits per heavy atom. The van der Waals surface area contributed by atoms with Gasteiger partial charge in [-0.25, -0.2) is 4.98 Å². The first-order valence-electron chi connectivity index (χ1n) is 9.90. The van der Waals surface area contributed by atoms with E-state index in [9.17, 15) is 9.59 Å². The maximum Gasteiger partial charge on any atom is 0.326 e. The molecule has 0 aliphatic rings. The molecule has 10 heteroatoms. The summed E-state index contributed by atoms with van der Waals surface area (Å²) in [5.74, 6) is 0.164. The standard InChI is InChI=1S/C22H22N4O5S/c1-5-31-19(27)12-26-14-10-15(29-3)16(30-4)11-17(14)32-22(26)24-21(28)20-13(2)23-18-8-6-7-9-25(18)20/h6-11H,5,12H2,1-4H3. The van der Waals surface area contributed by atoms with Crippen molar-refractivity contribution in [1.29, 1.82) is 0 Å². The van der Waals surface area contributed by atoms with Crippen LogP contribution in [-0.2, 0) is 16.1 Å². The van der Waals surface area contributed by atoms with Crippen molar-refractivity contribution in [3.63, 3.8) is 0 Å². The smallest absolute Gasteiger partial charge is 0.326 e. The van der Waals surface area contributed by atoms with E-state index in [2.05, 4.69) is 9.98 Å². The molecule has 3 aromatic heterocycles. The van der Waals surface area contributed by atoms with Crippen molar-refractivity contribution in [2.24, 2.45) is 4.99 Å². The van der Waals surface area contributed by atoms with Gasteiger partial charge in [0.05, 0.1) is 36.7 Å². The second-order valence-electron chi connectivity index (χ2n) is 6.84. The average Bonchev–Trinajstić information content (AvgIpc) is 3.28. The van der Waals surface area contributed by atoms with E-state index in [1.165, 1.54) is 18.4 Å². The fourth-order valence-electron chi connectivity index (χ4n) is 3.48. The number of pyridine rings is 1. The van der Waals surface area contributed by atoms with Crippen LogP contribution in [0.4, 0.5) is 0 Å². The topological polar surface area (TPSA) is 96.4 Å². The molecule has 0 saturated heterocycles. The molecule has 4 aromatic rings. The zero-order chi connectivity index (χ0) is 22.8. The van der Waals surface area contributed by atoms with Crippen molar-refractivity contribution < 1.29 is 23.8 Å². The summed E-state index contributed by atoms with van der Waals surface area (Å²) in [7, 11) is 3.08. The Morgan fingerprint density at radius 2 is 1.91 bits per heavy atom. The highest BCUT2D eigenvalue weighted by Gasteiger charge is 2.19. The second kappa shape index (κ2) is 8.83. The number of fused-ring (bicyclic) bond motifs is 2. The number of benzene rings is 1. The second-order valence-corrected chi connectivity index (χ2v) is 7.85. The predicted octanol–water partition coefficient (Wildman–Crippen LogP) is 2.98. The molecule has 0 atom stereocenters. The van der Waals surface area contributed by atoms with Crippen molar-refractivity contribution in [3.05, 3.63) is 52.7 Å². The van der Waals surface area contributed by atoms with Crippen LogP contribution in [0.25, 0.3) is 15.9 Å². The predicted molar refractivity (Wildman–Crippen MR) is 119 cm³/mol. The number of aryl methyl sites for hydroxylation is 1.